The maximum absolute atomic E-state index is 11.8. The summed E-state index contributed by atoms with van der Waals surface area (Å²) in [5, 5.41) is 4.84. The highest BCUT2D eigenvalue weighted by atomic mass is 35.5. The SMILES string of the molecule is CCc1ccccc1NC(=O)c1cccs1.Cl.Cl. The number of hydrogen-bond donors (Lipinski definition) is 1. The molecular formula is C13H15Cl2NOS. The number of thiophene rings is 1. The van der Waals surface area contributed by atoms with E-state index in [9.17, 15) is 4.79 Å². The van der Waals surface area contributed by atoms with E-state index < -0.39 is 0 Å². The lowest BCUT2D eigenvalue weighted by Crippen LogP contribution is -2.11. The Labute approximate surface area is 123 Å². The first kappa shape index (κ1) is 17.0. The van der Waals surface area contributed by atoms with Crippen LogP contribution in [0.5, 0.6) is 0 Å². The molecule has 18 heavy (non-hydrogen) atoms. The van der Waals surface area contributed by atoms with Crippen LogP contribution in [0.15, 0.2) is 41.8 Å². The molecule has 0 aliphatic rings. The van der Waals surface area contributed by atoms with Crippen LogP contribution in [0.1, 0.15) is 22.2 Å². The molecule has 0 spiro atoms. The van der Waals surface area contributed by atoms with Gasteiger partial charge < -0.3 is 5.32 Å². The van der Waals surface area contributed by atoms with Crippen LogP contribution in [0.25, 0.3) is 0 Å². The van der Waals surface area contributed by atoms with Crippen LogP contribution in [0, 0.1) is 0 Å². The van der Waals surface area contributed by atoms with Crippen LogP contribution in [0.2, 0.25) is 0 Å². The Morgan fingerprint density at radius 2 is 1.89 bits per heavy atom. The minimum absolute atomic E-state index is 0. The quantitative estimate of drug-likeness (QED) is 0.894. The maximum atomic E-state index is 11.8. The first-order valence-electron chi connectivity index (χ1n) is 5.24. The summed E-state index contributed by atoms with van der Waals surface area (Å²) in [5.41, 5.74) is 2.07. The molecule has 0 atom stereocenters. The van der Waals surface area contributed by atoms with Crippen molar-refractivity contribution >= 4 is 47.7 Å². The summed E-state index contributed by atoms with van der Waals surface area (Å²) in [7, 11) is 0. The van der Waals surface area contributed by atoms with Crippen LogP contribution in [-0.2, 0) is 6.42 Å². The topological polar surface area (TPSA) is 29.1 Å². The third-order valence-corrected chi connectivity index (χ3v) is 3.26. The molecule has 2 aromatic rings. The Morgan fingerprint density at radius 1 is 1.17 bits per heavy atom. The highest BCUT2D eigenvalue weighted by Gasteiger charge is 2.08. The number of rotatable bonds is 3. The van der Waals surface area contributed by atoms with Crippen molar-refractivity contribution in [3.8, 4) is 0 Å². The number of anilines is 1. The number of para-hydroxylation sites is 1. The number of halogens is 2. The highest BCUT2D eigenvalue weighted by Crippen LogP contribution is 2.17. The summed E-state index contributed by atoms with van der Waals surface area (Å²) >= 11 is 1.45. The van der Waals surface area contributed by atoms with Gasteiger partial charge in [0.25, 0.3) is 5.91 Å². The molecule has 1 aromatic carbocycles. The van der Waals surface area contributed by atoms with Crippen molar-refractivity contribution in [2.45, 2.75) is 13.3 Å². The largest absolute Gasteiger partial charge is 0.321 e. The Morgan fingerprint density at radius 3 is 2.50 bits per heavy atom. The smallest absolute Gasteiger partial charge is 0.265 e. The van der Waals surface area contributed by atoms with Crippen LogP contribution >= 0.6 is 36.2 Å². The standard InChI is InChI=1S/C13H13NOS.2ClH/c1-2-10-6-3-4-7-11(10)14-13(15)12-8-5-9-16-12;;/h3-9H,2H2,1H3,(H,14,15);2*1H. The molecule has 1 amide bonds. The zero-order chi connectivity index (χ0) is 11.4. The van der Waals surface area contributed by atoms with Crippen molar-refractivity contribution in [2.75, 3.05) is 5.32 Å². The number of benzene rings is 1. The van der Waals surface area contributed by atoms with E-state index in [2.05, 4.69) is 12.2 Å². The molecule has 2 rings (SSSR count). The fraction of sp³-hybridized carbons (Fsp3) is 0.154. The molecule has 98 valence electrons. The molecule has 5 heteroatoms. The van der Waals surface area contributed by atoms with Gasteiger partial charge in [-0.05, 0) is 29.5 Å². The second kappa shape index (κ2) is 8.14. The summed E-state index contributed by atoms with van der Waals surface area (Å²) in [5.74, 6) is -0.0316. The molecule has 0 saturated carbocycles. The van der Waals surface area contributed by atoms with Crippen molar-refractivity contribution < 1.29 is 4.79 Å². The van der Waals surface area contributed by atoms with E-state index in [1.165, 1.54) is 11.3 Å². The molecule has 0 aliphatic heterocycles. The zero-order valence-electron chi connectivity index (χ0n) is 9.88. The van der Waals surface area contributed by atoms with Gasteiger partial charge in [0.15, 0.2) is 0 Å². The fourth-order valence-corrected chi connectivity index (χ4v) is 2.16. The molecule has 1 N–H and O–H groups in total. The molecule has 0 bridgehead atoms. The van der Waals surface area contributed by atoms with Gasteiger partial charge in [0, 0.05) is 5.69 Å². The molecule has 0 fully saturated rings. The van der Waals surface area contributed by atoms with E-state index in [0.717, 1.165) is 22.5 Å². The van der Waals surface area contributed by atoms with Gasteiger partial charge >= 0.3 is 0 Å². The third-order valence-electron chi connectivity index (χ3n) is 2.39. The number of amides is 1. The van der Waals surface area contributed by atoms with Crippen LogP contribution in [-0.4, -0.2) is 5.91 Å². The van der Waals surface area contributed by atoms with Crippen molar-refractivity contribution in [1.82, 2.24) is 0 Å². The minimum Gasteiger partial charge on any atom is -0.321 e. The van der Waals surface area contributed by atoms with Crippen LogP contribution < -0.4 is 5.32 Å². The van der Waals surface area contributed by atoms with Gasteiger partial charge in [-0.15, -0.1) is 36.2 Å². The summed E-state index contributed by atoms with van der Waals surface area (Å²) in [6, 6.07) is 11.6. The van der Waals surface area contributed by atoms with Gasteiger partial charge in [0.2, 0.25) is 0 Å². The van der Waals surface area contributed by atoms with Gasteiger partial charge in [-0.1, -0.05) is 31.2 Å². The second-order valence-corrected chi connectivity index (χ2v) is 4.39. The predicted molar refractivity (Wildman–Crippen MR) is 82.6 cm³/mol. The van der Waals surface area contributed by atoms with Crippen molar-refractivity contribution in [1.29, 1.82) is 0 Å². The monoisotopic (exact) mass is 303 g/mol. The van der Waals surface area contributed by atoms with Gasteiger partial charge in [-0.25, -0.2) is 0 Å². The van der Waals surface area contributed by atoms with Gasteiger partial charge in [0.05, 0.1) is 4.88 Å². The van der Waals surface area contributed by atoms with E-state index in [1.807, 2.05) is 41.8 Å². The van der Waals surface area contributed by atoms with E-state index in [-0.39, 0.29) is 30.7 Å². The van der Waals surface area contributed by atoms with Crippen molar-refractivity contribution in [3.63, 3.8) is 0 Å². The molecule has 0 radical (unpaired) electrons. The number of carbonyl (C=O) groups excluding carboxylic acids is 1. The Hall–Kier alpha value is -1.03. The normalized spacial score (nSPS) is 8.94. The fourth-order valence-electron chi connectivity index (χ4n) is 1.54. The Bertz CT molecular complexity index is 485. The number of carbonyl (C=O) groups is 1. The molecule has 1 aromatic heterocycles. The van der Waals surface area contributed by atoms with Crippen molar-refractivity contribution in [2.24, 2.45) is 0 Å². The molecule has 0 saturated heterocycles. The number of hydrogen-bond acceptors (Lipinski definition) is 2. The number of nitrogens with one attached hydrogen (secondary N) is 1. The summed E-state index contributed by atoms with van der Waals surface area (Å²) in [6.45, 7) is 2.08. The van der Waals surface area contributed by atoms with E-state index in [4.69, 9.17) is 0 Å². The van der Waals surface area contributed by atoms with Crippen molar-refractivity contribution in [3.05, 3.63) is 52.2 Å². The molecular weight excluding hydrogens is 289 g/mol. The van der Waals surface area contributed by atoms with E-state index in [0.29, 0.717) is 0 Å². The second-order valence-electron chi connectivity index (χ2n) is 3.44. The molecule has 0 unspecified atom stereocenters. The summed E-state index contributed by atoms with van der Waals surface area (Å²) < 4.78 is 0. The average molecular weight is 304 g/mol. The average Bonchev–Trinajstić information content (AvgIpc) is 2.83. The maximum Gasteiger partial charge on any atom is 0.265 e. The van der Waals surface area contributed by atoms with E-state index in [1.54, 1.807) is 0 Å². The predicted octanol–water partition coefficient (Wildman–Crippen LogP) is 4.41. The molecule has 1 heterocycles. The lowest BCUT2D eigenvalue weighted by molar-refractivity contribution is 0.103. The first-order chi connectivity index (χ1) is 7.81. The van der Waals surface area contributed by atoms with Gasteiger partial charge in [-0.2, -0.15) is 0 Å². The number of aryl methyl sites for hydroxylation is 1. The van der Waals surface area contributed by atoms with E-state index >= 15 is 0 Å². The molecule has 2 nitrogen and oxygen atoms in total. The van der Waals surface area contributed by atoms with Gasteiger partial charge in [0.1, 0.15) is 0 Å². The minimum atomic E-state index is -0.0316. The van der Waals surface area contributed by atoms with Crippen LogP contribution in [0.4, 0.5) is 5.69 Å². The first-order valence-corrected chi connectivity index (χ1v) is 6.12. The third kappa shape index (κ3) is 4.02. The summed E-state index contributed by atoms with van der Waals surface area (Å²) in [4.78, 5) is 12.6. The van der Waals surface area contributed by atoms with Gasteiger partial charge in [-0.3, -0.25) is 4.79 Å². The summed E-state index contributed by atoms with van der Waals surface area (Å²) in [6.07, 6.45) is 0.918. The highest BCUT2D eigenvalue weighted by molar-refractivity contribution is 7.12. The zero-order valence-corrected chi connectivity index (χ0v) is 12.3. The lowest BCUT2D eigenvalue weighted by Gasteiger charge is -2.08. The molecule has 0 aliphatic carbocycles. The lowest BCUT2D eigenvalue weighted by atomic mass is 10.1. The Kier molecular flexibility index (Phi) is 7.67. The Balaban J connectivity index is 0.00000144. The van der Waals surface area contributed by atoms with Crippen LogP contribution in [0.3, 0.4) is 0 Å².